The fourth-order valence-corrected chi connectivity index (χ4v) is 2.24. The molecular weight excluding hydrogens is 354 g/mol. The average Bonchev–Trinajstić information content (AvgIpc) is 2.70. The minimum absolute atomic E-state index is 0.0137. The zero-order chi connectivity index (χ0) is 20.0. The molecule has 0 aliphatic carbocycles. The first-order chi connectivity index (χ1) is 12.9. The van der Waals surface area contributed by atoms with Crippen molar-refractivity contribution in [1.82, 2.24) is 0 Å². The van der Waals surface area contributed by atoms with Crippen LogP contribution in [0.15, 0.2) is 47.6 Å². The molecule has 0 fully saturated rings. The van der Waals surface area contributed by atoms with E-state index in [0.29, 0.717) is 22.6 Å². The average molecular weight is 373 g/mol. The highest BCUT2D eigenvalue weighted by molar-refractivity contribution is 5.98. The first-order valence-electron chi connectivity index (χ1n) is 7.88. The molecule has 0 saturated heterocycles. The second-order valence-corrected chi connectivity index (χ2v) is 5.53. The standard InChI is InChI=1S/C18H19N3O6/c1-11(12-4-7-14(8-5-12)21(23)24)18(22)27-20-17(19)13-6-9-15(25-2)16(10-13)26-3/h4-11H,1-3H3,(H2,19,20)/t11-/m0/s1. The lowest BCUT2D eigenvalue weighted by Gasteiger charge is -2.10. The van der Waals surface area contributed by atoms with Crippen LogP contribution in [0.1, 0.15) is 24.0 Å². The number of nitrogens with zero attached hydrogens (tertiary/aromatic N) is 2. The molecule has 2 N–H and O–H groups in total. The van der Waals surface area contributed by atoms with E-state index in [4.69, 9.17) is 20.0 Å². The molecule has 2 aromatic rings. The van der Waals surface area contributed by atoms with Crippen LogP contribution in [-0.4, -0.2) is 30.9 Å². The van der Waals surface area contributed by atoms with Crippen LogP contribution in [0.4, 0.5) is 5.69 Å². The summed E-state index contributed by atoms with van der Waals surface area (Å²) in [5.74, 6) is -0.350. The van der Waals surface area contributed by atoms with E-state index in [1.807, 2.05) is 0 Å². The van der Waals surface area contributed by atoms with Crippen LogP contribution in [-0.2, 0) is 9.63 Å². The van der Waals surface area contributed by atoms with Gasteiger partial charge in [-0.3, -0.25) is 10.1 Å². The molecule has 0 heterocycles. The summed E-state index contributed by atoms with van der Waals surface area (Å²) in [7, 11) is 3.00. The van der Waals surface area contributed by atoms with Gasteiger partial charge in [-0.15, -0.1) is 0 Å². The molecule has 0 aliphatic rings. The molecule has 0 spiro atoms. The lowest BCUT2D eigenvalue weighted by molar-refractivity contribution is -0.384. The maximum atomic E-state index is 12.2. The van der Waals surface area contributed by atoms with Crippen LogP contribution < -0.4 is 15.2 Å². The van der Waals surface area contributed by atoms with Gasteiger partial charge in [0.25, 0.3) is 5.69 Å². The Morgan fingerprint density at radius 1 is 1.11 bits per heavy atom. The van der Waals surface area contributed by atoms with E-state index in [0.717, 1.165) is 0 Å². The Bertz CT molecular complexity index is 864. The van der Waals surface area contributed by atoms with E-state index in [2.05, 4.69) is 5.16 Å². The number of hydrogen-bond donors (Lipinski definition) is 1. The molecule has 9 heteroatoms. The number of carbonyl (C=O) groups is 1. The molecule has 0 radical (unpaired) electrons. The quantitative estimate of drug-likeness (QED) is 0.260. The van der Waals surface area contributed by atoms with Gasteiger partial charge in [-0.2, -0.15) is 0 Å². The van der Waals surface area contributed by atoms with E-state index in [1.165, 1.54) is 38.5 Å². The van der Waals surface area contributed by atoms with Gasteiger partial charge < -0.3 is 20.0 Å². The molecule has 0 unspecified atom stereocenters. The molecule has 9 nitrogen and oxygen atoms in total. The number of nitrogens with two attached hydrogens (primary N) is 1. The summed E-state index contributed by atoms with van der Waals surface area (Å²) in [5, 5.41) is 14.3. The Morgan fingerprint density at radius 3 is 2.30 bits per heavy atom. The second kappa shape index (κ2) is 8.65. The van der Waals surface area contributed by atoms with E-state index in [-0.39, 0.29) is 11.5 Å². The second-order valence-electron chi connectivity index (χ2n) is 5.53. The number of ether oxygens (including phenoxy) is 2. The zero-order valence-electron chi connectivity index (χ0n) is 15.0. The molecule has 1 atom stereocenters. The number of benzene rings is 2. The van der Waals surface area contributed by atoms with Gasteiger partial charge in [-0.1, -0.05) is 17.3 Å². The Morgan fingerprint density at radius 2 is 1.74 bits per heavy atom. The molecular formula is C18H19N3O6. The minimum Gasteiger partial charge on any atom is -0.493 e. The van der Waals surface area contributed by atoms with Crippen molar-refractivity contribution in [3.8, 4) is 11.5 Å². The van der Waals surface area contributed by atoms with Crippen molar-refractivity contribution in [3.63, 3.8) is 0 Å². The van der Waals surface area contributed by atoms with Crippen LogP contribution in [0.3, 0.4) is 0 Å². The summed E-state index contributed by atoms with van der Waals surface area (Å²) in [6.45, 7) is 1.60. The third kappa shape index (κ3) is 4.72. The monoisotopic (exact) mass is 373 g/mol. The number of methoxy groups -OCH3 is 2. The van der Waals surface area contributed by atoms with Crippen LogP contribution in [0, 0.1) is 10.1 Å². The van der Waals surface area contributed by atoms with Crippen molar-refractivity contribution in [2.45, 2.75) is 12.8 Å². The van der Waals surface area contributed by atoms with Crippen LogP contribution in [0.5, 0.6) is 11.5 Å². The van der Waals surface area contributed by atoms with Crippen molar-refractivity contribution in [3.05, 3.63) is 63.7 Å². The summed E-state index contributed by atoms with van der Waals surface area (Å²) in [4.78, 5) is 27.2. The van der Waals surface area contributed by atoms with Gasteiger partial charge in [0.15, 0.2) is 17.3 Å². The molecule has 2 rings (SSSR count). The smallest absolute Gasteiger partial charge is 0.342 e. The number of carbonyl (C=O) groups excluding carboxylic acids is 1. The summed E-state index contributed by atoms with van der Waals surface area (Å²) in [6.07, 6.45) is 0. The predicted octanol–water partition coefficient (Wildman–Crippen LogP) is 2.58. The van der Waals surface area contributed by atoms with Gasteiger partial charge in [-0.05, 0) is 30.7 Å². The van der Waals surface area contributed by atoms with Crippen molar-refractivity contribution in [1.29, 1.82) is 0 Å². The molecule has 0 bridgehead atoms. The van der Waals surface area contributed by atoms with Crippen molar-refractivity contribution >= 4 is 17.5 Å². The van der Waals surface area contributed by atoms with Crippen LogP contribution >= 0.6 is 0 Å². The fourth-order valence-electron chi connectivity index (χ4n) is 2.24. The van der Waals surface area contributed by atoms with Crippen molar-refractivity contribution in [2.24, 2.45) is 10.9 Å². The Kier molecular flexibility index (Phi) is 6.32. The van der Waals surface area contributed by atoms with E-state index in [9.17, 15) is 14.9 Å². The number of nitro benzene ring substituents is 1. The third-order valence-electron chi connectivity index (χ3n) is 3.87. The SMILES string of the molecule is COc1ccc(/C(N)=N\OC(=O)[C@@H](C)c2ccc([N+](=O)[O-])cc2)cc1OC. The molecule has 0 aromatic heterocycles. The molecule has 0 saturated carbocycles. The maximum absolute atomic E-state index is 12.2. The summed E-state index contributed by atoms with van der Waals surface area (Å²) in [5.41, 5.74) is 6.84. The predicted molar refractivity (Wildman–Crippen MR) is 97.9 cm³/mol. The molecule has 0 amide bonds. The molecule has 142 valence electrons. The Hall–Kier alpha value is -3.62. The largest absolute Gasteiger partial charge is 0.493 e. The minimum atomic E-state index is -0.673. The highest BCUT2D eigenvalue weighted by atomic mass is 16.7. The summed E-state index contributed by atoms with van der Waals surface area (Å²) in [6, 6.07) is 10.5. The molecule has 27 heavy (non-hydrogen) atoms. The number of non-ortho nitro benzene ring substituents is 1. The summed E-state index contributed by atoms with van der Waals surface area (Å²) >= 11 is 0. The van der Waals surface area contributed by atoms with Crippen LogP contribution in [0.2, 0.25) is 0 Å². The third-order valence-corrected chi connectivity index (χ3v) is 3.87. The van der Waals surface area contributed by atoms with Gasteiger partial charge >= 0.3 is 5.97 Å². The van der Waals surface area contributed by atoms with Gasteiger partial charge in [0.05, 0.1) is 25.1 Å². The number of nitro groups is 1. The Labute approximate surface area is 155 Å². The van der Waals surface area contributed by atoms with Gasteiger partial charge in [0.1, 0.15) is 0 Å². The van der Waals surface area contributed by atoms with Crippen LogP contribution in [0.25, 0.3) is 0 Å². The van der Waals surface area contributed by atoms with Gasteiger partial charge in [-0.25, -0.2) is 4.79 Å². The number of rotatable bonds is 7. The highest BCUT2D eigenvalue weighted by Gasteiger charge is 2.19. The van der Waals surface area contributed by atoms with Gasteiger partial charge in [0, 0.05) is 17.7 Å². The summed E-state index contributed by atoms with van der Waals surface area (Å²) < 4.78 is 10.3. The maximum Gasteiger partial charge on any atom is 0.342 e. The first kappa shape index (κ1) is 19.7. The van der Waals surface area contributed by atoms with Crippen molar-refractivity contribution < 1.29 is 24.0 Å². The normalized spacial score (nSPS) is 12.2. The Balaban J connectivity index is 2.09. The topological polar surface area (TPSA) is 126 Å². The lowest BCUT2D eigenvalue weighted by atomic mass is 10.0. The number of hydrogen-bond acceptors (Lipinski definition) is 7. The number of oxime groups is 1. The van der Waals surface area contributed by atoms with E-state index < -0.39 is 16.8 Å². The van der Waals surface area contributed by atoms with Crippen molar-refractivity contribution in [2.75, 3.05) is 14.2 Å². The highest BCUT2D eigenvalue weighted by Crippen LogP contribution is 2.27. The fraction of sp³-hybridized carbons (Fsp3) is 0.222. The van der Waals surface area contributed by atoms with E-state index in [1.54, 1.807) is 25.1 Å². The van der Waals surface area contributed by atoms with E-state index >= 15 is 0 Å². The molecule has 2 aromatic carbocycles. The molecule has 0 aliphatic heterocycles. The zero-order valence-corrected chi connectivity index (χ0v) is 15.0. The first-order valence-corrected chi connectivity index (χ1v) is 7.88. The lowest BCUT2D eigenvalue weighted by Crippen LogP contribution is -2.17. The number of amidine groups is 1. The van der Waals surface area contributed by atoms with Gasteiger partial charge in [0.2, 0.25) is 0 Å².